The summed E-state index contributed by atoms with van der Waals surface area (Å²) < 4.78 is 13.8. The molecular weight excluding hydrogens is 317 g/mol. The van der Waals surface area contributed by atoms with Crippen molar-refractivity contribution in [3.63, 3.8) is 0 Å². The van der Waals surface area contributed by atoms with E-state index in [1.807, 2.05) is 12.1 Å². The van der Waals surface area contributed by atoms with Gasteiger partial charge < -0.3 is 15.1 Å². The zero-order valence-corrected chi connectivity index (χ0v) is 15.3. The fourth-order valence-electron chi connectivity index (χ4n) is 4.24. The Labute approximate surface area is 150 Å². The lowest BCUT2D eigenvalue weighted by atomic mass is 9.86. The molecular formula is C20H32FN3O+2. The summed E-state index contributed by atoms with van der Waals surface area (Å²) in [5.74, 6) is 0.701. The van der Waals surface area contributed by atoms with Crippen molar-refractivity contribution in [2.45, 2.75) is 45.2 Å². The minimum absolute atomic E-state index is 0.106. The predicted molar refractivity (Wildman–Crippen MR) is 95.9 cm³/mol. The van der Waals surface area contributed by atoms with Crippen LogP contribution in [0.1, 0.15) is 38.2 Å². The van der Waals surface area contributed by atoms with Gasteiger partial charge in [-0.05, 0) is 24.8 Å². The number of nitrogens with one attached hydrogen (secondary N) is 3. The molecule has 3 rings (SSSR count). The van der Waals surface area contributed by atoms with Gasteiger partial charge in [-0.25, -0.2) is 4.39 Å². The van der Waals surface area contributed by atoms with Gasteiger partial charge in [0.15, 0.2) is 6.54 Å². The average molecular weight is 349 g/mol. The number of amides is 1. The number of hydrogen-bond acceptors (Lipinski definition) is 1. The molecule has 1 saturated heterocycles. The van der Waals surface area contributed by atoms with Gasteiger partial charge in [-0.2, -0.15) is 0 Å². The van der Waals surface area contributed by atoms with Crippen molar-refractivity contribution in [2.75, 3.05) is 32.7 Å². The molecule has 2 atom stereocenters. The smallest absolute Gasteiger partial charge is 0.275 e. The highest BCUT2D eigenvalue weighted by Crippen LogP contribution is 2.23. The van der Waals surface area contributed by atoms with Crippen molar-refractivity contribution in [2.24, 2.45) is 5.92 Å². The molecule has 138 valence electrons. The number of rotatable bonds is 5. The summed E-state index contributed by atoms with van der Waals surface area (Å²) in [6.07, 6.45) is 4.89. The summed E-state index contributed by atoms with van der Waals surface area (Å²) in [7, 11) is 0. The van der Waals surface area contributed by atoms with Crippen LogP contribution in [0.5, 0.6) is 0 Å². The van der Waals surface area contributed by atoms with Crippen LogP contribution in [0, 0.1) is 11.7 Å². The lowest BCUT2D eigenvalue weighted by Crippen LogP contribution is -3.28. The number of carbonyl (C=O) groups is 1. The van der Waals surface area contributed by atoms with Gasteiger partial charge in [-0.1, -0.05) is 38.0 Å². The first-order chi connectivity index (χ1) is 12.1. The van der Waals surface area contributed by atoms with Gasteiger partial charge in [-0.3, -0.25) is 4.79 Å². The normalized spacial score (nSPS) is 30.0. The summed E-state index contributed by atoms with van der Waals surface area (Å²) in [4.78, 5) is 15.1. The van der Waals surface area contributed by atoms with Crippen LogP contribution in [-0.2, 0) is 11.3 Å². The highest BCUT2D eigenvalue weighted by Gasteiger charge is 2.28. The zero-order valence-electron chi connectivity index (χ0n) is 15.3. The topological polar surface area (TPSA) is 38.0 Å². The fraction of sp³-hybridized carbons (Fsp3) is 0.650. The Morgan fingerprint density at radius 3 is 2.52 bits per heavy atom. The lowest BCUT2D eigenvalue weighted by molar-refractivity contribution is -1.02. The average Bonchev–Trinajstić information content (AvgIpc) is 2.61. The summed E-state index contributed by atoms with van der Waals surface area (Å²) in [6, 6.07) is 7.42. The van der Waals surface area contributed by atoms with Crippen molar-refractivity contribution >= 4 is 5.91 Å². The third kappa shape index (κ3) is 5.25. The number of carbonyl (C=O) groups excluding carboxylic acids is 1. The maximum atomic E-state index is 13.8. The van der Waals surface area contributed by atoms with Crippen molar-refractivity contribution in [1.82, 2.24) is 5.32 Å². The van der Waals surface area contributed by atoms with Crippen LogP contribution in [0.4, 0.5) is 4.39 Å². The van der Waals surface area contributed by atoms with E-state index in [1.165, 1.54) is 35.1 Å². The quantitative estimate of drug-likeness (QED) is 0.677. The first-order valence-corrected chi connectivity index (χ1v) is 9.81. The Morgan fingerprint density at radius 1 is 1.12 bits per heavy atom. The van der Waals surface area contributed by atoms with E-state index in [9.17, 15) is 9.18 Å². The fourth-order valence-corrected chi connectivity index (χ4v) is 4.24. The maximum absolute atomic E-state index is 13.8. The van der Waals surface area contributed by atoms with Crippen LogP contribution < -0.4 is 15.1 Å². The van der Waals surface area contributed by atoms with E-state index in [0.717, 1.165) is 44.7 Å². The second-order valence-electron chi connectivity index (χ2n) is 7.88. The van der Waals surface area contributed by atoms with Crippen LogP contribution in [-0.4, -0.2) is 44.7 Å². The van der Waals surface area contributed by atoms with Crippen LogP contribution in [0.2, 0.25) is 0 Å². The monoisotopic (exact) mass is 349 g/mol. The molecule has 1 aliphatic carbocycles. The second-order valence-corrected chi connectivity index (χ2v) is 7.88. The number of hydrogen-bond donors (Lipinski definition) is 3. The first-order valence-electron chi connectivity index (χ1n) is 9.81. The molecule has 2 aliphatic rings. The lowest BCUT2D eigenvalue weighted by Gasteiger charge is -2.32. The number of quaternary nitrogens is 2. The van der Waals surface area contributed by atoms with E-state index >= 15 is 0 Å². The van der Waals surface area contributed by atoms with Crippen LogP contribution >= 0.6 is 0 Å². The third-order valence-corrected chi connectivity index (χ3v) is 5.93. The largest absolute Gasteiger partial charge is 0.348 e. The summed E-state index contributed by atoms with van der Waals surface area (Å²) in [5.41, 5.74) is 0.796. The molecule has 0 bridgehead atoms. The number of benzene rings is 1. The molecule has 1 amide bonds. The molecule has 0 aromatic heterocycles. The van der Waals surface area contributed by atoms with Crippen LogP contribution in [0.3, 0.4) is 0 Å². The minimum Gasteiger partial charge on any atom is -0.348 e. The zero-order chi connectivity index (χ0) is 17.6. The summed E-state index contributed by atoms with van der Waals surface area (Å²) in [5, 5.41) is 3.26. The van der Waals surface area contributed by atoms with Gasteiger partial charge in [0.1, 0.15) is 38.5 Å². The Bertz CT molecular complexity index is 572. The summed E-state index contributed by atoms with van der Waals surface area (Å²) in [6.45, 7) is 7.53. The summed E-state index contributed by atoms with van der Waals surface area (Å²) >= 11 is 0. The van der Waals surface area contributed by atoms with Crippen molar-refractivity contribution in [1.29, 1.82) is 0 Å². The standard InChI is InChI=1S/C20H30FN3O/c1-16-6-2-5-9-19(16)22-20(25)15-24-12-10-23(11-13-24)14-17-7-3-4-8-18(17)21/h3-4,7-8,16,19H,2,5-6,9-15H2,1H3,(H,22,25)/p+2/t16-,19-/m0/s1. The SMILES string of the molecule is C[C@H]1CCCC[C@@H]1NC(=O)C[NH+]1CC[NH+](Cc2ccccc2F)CC1. The Hall–Kier alpha value is -1.46. The molecule has 1 aromatic rings. The molecule has 5 heteroatoms. The van der Waals surface area contributed by atoms with E-state index in [4.69, 9.17) is 0 Å². The molecule has 2 fully saturated rings. The van der Waals surface area contributed by atoms with E-state index in [0.29, 0.717) is 18.5 Å². The van der Waals surface area contributed by atoms with Crippen molar-refractivity contribution in [3.05, 3.63) is 35.6 Å². The van der Waals surface area contributed by atoms with Gasteiger partial charge in [0, 0.05) is 11.6 Å². The van der Waals surface area contributed by atoms with E-state index in [1.54, 1.807) is 6.07 Å². The molecule has 4 nitrogen and oxygen atoms in total. The number of piperazine rings is 1. The molecule has 0 radical (unpaired) electrons. The second kappa shape index (κ2) is 8.77. The minimum atomic E-state index is -0.106. The third-order valence-electron chi connectivity index (χ3n) is 5.93. The van der Waals surface area contributed by atoms with Gasteiger partial charge in [-0.15, -0.1) is 0 Å². The maximum Gasteiger partial charge on any atom is 0.275 e. The van der Waals surface area contributed by atoms with Crippen LogP contribution in [0.15, 0.2) is 24.3 Å². The van der Waals surface area contributed by atoms with E-state index in [-0.39, 0.29) is 11.7 Å². The highest BCUT2D eigenvalue weighted by atomic mass is 19.1. The van der Waals surface area contributed by atoms with Crippen LogP contribution in [0.25, 0.3) is 0 Å². The molecule has 0 spiro atoms. The van der Waals surface area contributed by atoms with Gasteiger partial charge in [0.05, 0.1) is 0 Å². The Kier molecular flexibility index (Phi) is 6.43. The van der Waals surface area contributed by atoms with Crippen molar-refractivity contribution < 1.29 is 19.0 Å². The highest BCUT2D eigenvalue weighted by molar-refractivity contribution is 5.77. The number of halogens is 1. The molecule has 25 heavy (non-hydrogen) atoms. The molecule has 1 aromatic carbocycles. The molecule has 0 unspecified atom stereocenters. The Morgan fingerprint density at radius 2 is 1.80 bits per heavy atom. The van der Waals surface area contributed by atoms with E-state index in [2.05, 4.69) is 12.2 Å². The molecule has 1 saturated carbocycles. The molecule has 1 heterocycles. The van der Waals surface area contributed by atoms with Gasteiger partial charge in [0.25, 0.3) is 5.91 Å². The van der Waals surface area contributed by atoms with Crippen molar-refractivity contribution in [3.8, 4) is 0 Å². The predicted octanol–water partition coefficient (Wildman–Crippen LogP) is -0.196. The molecule has 3 N–H and O–H groups in total. The Balaban J connectivity index is 1.40. The van der Waals surface area contributed by atoms with E-state index < -0.39 is 0 Å². The van der Waals surface area contributed by atoms with Gasteiger partial charge in [0.2, 0.25) is 0 Å². The van der Waals surface area contributed by atoms with Gasteiger partial charge >= 0.3 is 0 Å². The first kappa shape index (κ1) is 18.3. The molecule has 1 aliphatic heterocycles.